The molecule has 0 unspecified atom stereocenters. The zero-order valence-corrected chi connectivity index (χ0v) is 23.0. The molecule has 0 spiro atoms. The fourth-order valence-corrected chi connectivity index (χ4v) is 7.06. The number of rotatable bonds is 2. The minimum absolute atomic E-state index is 0.899. The average molecular weight is 550 g/mol. The molecule has 0 bridgehead atoms. The smallest absolute Gasteiger partial charge is 0.135 e. The van der Waals surface area contributed by atoms with Crippen LogP contribution in [0.25, 0.3) is 93.1 Å². The summed E-state index contributed by atoms with van der Waals surface area (Å²) in [7, 11) is 0. The van der Waals surface area contributed by atoms with Crippen LogP contribution in [0.2, 0.25) is 0 Å². The summed E-state index contributed by atoms with van der Waals surface area (Å²) in [4.78, 5) is 0. The van der Waals surface area contributed by atoms with Crippen LogP contribution in [0.1, 0.15) is 0 Å². The summed E-state index contributed by atoms with van der Waals surface area (Å²) in [6, 6.07) is 47.8. The number of nitrogens with zero attached hydrogens (tertiary/aromatic N) is 1. The lowest BCUT2D eigenvalue weighted by molar-refractivity contribution is 0.616. The largest absolute Gasteiger partial charge is 0.464 e. The van der Waals surface area contributed by atoms with E-state index in [9.17, 15) is 0 Å². The van der Waals surface area contributed by atoms with Crippen molar-refractivity contribution in [3.05, 3.63) is 140 Å². The predicted octanol–water partition coefficient (Wildman–Crippen LogP) is 11.4. The molecular weight excluding hydrogens is 526 g/mol. The summed E-state index contributed by atoms with van der Waals surface area (Å²) in [5, 5.41) is 10.7. The minimum atomic E-state index is 0.899. The van der Waals surface area contributed by atoms with Gasteiger partial charge >= 0.3 is 0 Å². The van der Waals surface area contributed by atoms with Gasteiger partial charge in [-0.3, -0.25) is 0 Å². The highest BCUT2D eigenvalue weighted by atomic mass is 16.3. The molecule has 0 fully saturated rings. The molecule has 0 aliphatic rings. The van der Waals surface area contributed by atoms with Gasteiger partial charge in [-0.1, -0.05) is 60.7 Å². The number of para-hydroxylation sites is 3. The molecule has 10 rings (SSSR count). The first-order valence-electron chi connectivity index (χ1n) is 14.6. The molecule has 3 heteroatoms. The Hall–Kier alpha value is -5.80. The van der Waals surface area contributed by atoms with Crippen molar-refractivity contribution >= 4 is 76.3 Å². The second kappa shape index (κ2) is 8.37. The topological polar surface area (TPSA) is 31.2 Å². The Morgan fingerprint density at radius 3 is 2.16 bits per heavy atom. The van der Waals surface area contributed by atoms with E-state index in [2.05, 4.69) is 120 Å². The van der Waals surface area contributed by atoms with Crippen LogP contribution >= 0.6 is 0 Å². The summed E-state index contributed by atoms with van der Waals surface area (Å²) in [5.74, 6) is 0. The van der Waals surface area contributed by atoms with Gasteiger partial charge in [0.25, 0.3) is 0 Å². The van der Waals surface area contributed by atoms with E-state index < -0.39 is 0 Å². The summed E-state index contributed by atoms with van der Waals surface area (Å²) in [5.41, 5.74) is 8.61. The van der Waals surface area contributed by atoms with E-state index in [-0.39, 0.29) is 0 Å². The Kier molecular flexibility index (Phi) is 4.45. The normalized spacial score (nSPS) is 12.2. The third-order valence-electron chi connectivity index (χ3n) is 9.02. The number of aromatic nitrogens is 1. The highest BCUT2D eigenvalue weighted by Crippen LogP contribution is 2.43. The van der Waals surface area contributed by atoms with Gasteiger partial charge in [0.05, 0.1) is 17.3 Å². The SMILES string of the molecule is c1ccc(-n2c3ccccc3c3cc4c(cc32)c(-c2ccc3oc5ccccc5c3c2)cc2cc3occc3cc24)cc1. The maximum atomic E-state index is 6.18. The van der Waals surface area contributed by atoms with Crippen molar-refractivity contribution in [3.8, 4) is 16.8 Å². The highest BCUT2D eigenvalue weighted by molar-refractivity contribution is 6.23. The van der Waals surface area contributed by atoms with Crippen molar-refractivity contribution in [1.29, 1.82) is 0 Å². The Morgan fingerprint density at radius 1 is 0.419 bits per heavy atom. The fourth-order valence-electron chi connectivity index (χ4n) is 7.06. The quantitative estimate of drug-likeness (QED) is 0.201. The molecule has 43 heavy (non-hydrogen) atoms. The molecule has 0 aliphatic heterocycles. The first-order valence-corrected chi connectivity index (χ1v) is 14.6. The van der Waals surface area contributed by atoms with E-state index >= 15 is 0 Å². The summed E-state index contributed by atoms with van der Waals surface area (Å²) in [6.45, 7) is 0. The lowest BCUT2D eigenvalue weighted by Gasteiger charge is -2.14. The molecule has 3 aromatic heterocycles. The number of hydrogen-bond donors (Lipinski definition) is 0. The van der Waals surface area contributed by atoms with Gasteiger partial charge in [0.1, 0.15) is 16.7 Å². The van der Waals surface area contributed by atoms with Crippen LogP contribution in [0, 0.1) is 0 Å². The second-order valence-corrected chi connectivity index (χ2v) is 11.4. The predicted molar refractivity (Wildman–Crippen MR) is 178 cm³/mol. The number of hydrogen-bond acceptors (Lipinski definition) is 2. The average Bonchev–Trinajstić information content (AvgIpc) is 3.76. The molecule has 0 radical (unpaired) electrons. The standard InChI is InChI=1S/C40H23NO2/c1-2-8-27(9-3-1)41-36-12-6-4-10-28(36)34-22-32-31-19-25-16-17-42-40(25)21-26(31)20-30(33(32)23-37(34)41)24-14-15-39-35(18-24)29-11-5-7-13-38(29)43-39/h1-23H. The first kappa shape index (κ1) is 22.8. The van der Waals surface area contributed by atoms with Crippen LogP contribution in [0.5, 0.6) is 0 Å². The van der Waals surface area contributed by atoms with Crippen molar-refractivity contribution in [2.24, 2.45) is 0 Å². The molecule has 3 nitrogen and oxygen atoms in total. The van der Waals surface area contributed by atoms with Crippen molar-refractivity contribution in [2.75, 3.05) is 0 Å². The van der Waals surface area contributed by atoms with E-state index in [1.54, 1.807) is 6.26 Å². The molecule has 0 saturated heterocycles. The maximum absolute atomic E-state index is 6.18. The van der Waals surface area contributed by atoms with Crippen LogP contribution in [0.15, 0.2) is 149 Å². The maximum Gasteiger partial charge on any atom is 0.135 e. The highest BCUT2D eigenvalue weighted by Gasteiger charge is 2.18. The Morgan fingerprint density at radius 2 is 1.23 bits per heavy atom. The van der Waals surface area contributed by atoms with Gasteiger partial charge in [-0.05, 0) is 105 Å². The Labute approximate surface area is 245 Å². The van der Waals surface area contributed by atoms with Crippen LogP contribution in [-0.4, -0.2) is 4.57 Å². The molecule has 0 N–H and O–H groups in total. The molecule has 10 aromatic rings. The van der Waals surface area contributed by atoms with Gasteiger partial charge in [-0.25, -0.2) is 0 Å². The minimum Gasteiger partial charge on any atom is -0.464 e. The van der Waals surface area contributed by atoms with Crippen molar-refractivity contribution < 1.29 is 8.83 Å². The van der Waals surface area contributed by atoms with Gasteiger partial charge < -0.3 is 13.4 Å². The van der Waals surface area contributed by atoms with E-state index in [4.69, 9.17) is 8.83 Å². The lowest BCUT2D eigenvalue weighted by atomic mass is 9.91. The first-order chi connectivity index (χ1) is 21.3. The van der Waals surface area contributed by atoms with E-state index in [1.807, 2.05) is 18.2 Å². The van der Waals surface area contributed by atoms with E-state index in [0.29, 0.717) is 0 Å². The zero-order chi connectivity index (χ0) is 28.1. The third kappa shape index (κ3) is 3.19. The van der Waals surface area contributed by atoms with Crippen LogP contribution in [0.3, 0.4) is 0 Å². The molecule has 0 saturated carbocycles. The van der Waals surface area contributed by atoms with Gasteiger partial charge in [0.15, 0.2) is 0 Å². The second-order valence-electron chi connectivity index (χ2n) is 11.4. The fraction of sp³-hybridized carbons (Fsp3) is 0. The lowest BCUT2D eigenvalue weighted by Crippen LogP contribution is -1.93. The summed E-state index contributed by atoms with van der Waals surface area (Å²) >= 11 is 0. The monoisotopic (exact) mass is 549 g/mol. The van der Waals surface area contributed by atoms with E-state index in [1.165, 1.54) is 43.5 Å². The van der Waals surface area contributed by atoms with Crippen LogP contribution in [-0.2, 0) is 0 Å². The third-order valence-corrected chi connectivity index (χ3v) is 9.02. The van der Waals surface area contributed by atoms with Crippen molar-refractivity contribution in [3.63, 3.8) is 0 Å². The summed E-state index contributed by atoms with van der Waals surface area (Å²) in [6.07, 6.45) is 1.77. The molecule has 0 aliphatic carbocycles. The molecule has 200 valence electrons. The number of fused-ring (bicyclic) bond motifs is 10. The van der Waals surface area contributed by atoms with Gasteiger partial charge in [0, 0.05) is 32.6 Å². The van der Waals surface area contributed by atoms with Gasteiger partial charge in [-0.2, -0.15) is 0 Å². The van der Waals surface area contributed by atoms with E-state index in [0.717, 1.165) is 49.5 Å². The van der Waals surface area contributed by atoms with Crippen LogP contribution < -0.4 is 0 Å². The summed E-state index contributed by atoms with van der Waals surface area (Å²) < 4.78 is 14.4. The Bertz CT molecular complexity index is 2720. The van der Waals surface area contributed by atoms with Crippen molar-refractivity contribution in [2.45, 2.75) is 0 Å². The molecule has 7 aromatic carbocycles. The number of benzene rings is 7. The molecular formula is C40H23NO2. The van der Waals surface area contributed by atoms with Crippen LogP contribution in [0.4, 0.5) is 0 Å². The number of furan rings is 2. The van der Waals surface area contributed by atoms with Crippen molar-refractivity contribution in [1.82, 2.24) is 4.57 Å². The van der Waals surface area contributed by atoms with Gasteiger partial charge in [-0.15, -0.1) is 0 Å². The van der Waals surface area contributed by atoms with Gasteiger partial charge in [0.2, 0.25) is 0 Å². The molecule has 3 heterocycles. The zero-order valence-electron chi connectivity index (χ0n) is 23.0. The Balaban J connectivity index is 1.38. The molecule has 0 atom stereocenters. The molecule has 0 amide bonds.